The van der Waals surface area contributed by atoms with E-state index in [1.165, 1.54) is 4.90 Å². The number of likely N-dealkylation sites (N-methyl/N-ethyl adjacent to an activating group) is 1. The van der Waals surface area contributed by atoms with Crippen LogP contribution in [0.25, 0.3) is 0 Å². The Labute approximate surface area is 235 Å². The van der Waals surface area contributed by atoms with Crippen molar-refractivity contribution in [3.63, 3.8) is 0 Å². The maximum Gasteiger partial charge on any atom is 0.255 e. The Kier molecular flexibility index (Phi) is 10.1. The first kappa shape index (κ1) is 29.1. The number of benzene rings is 2. The molecule has 4 rings (SSSR count). The number of para-hydroxylation sites is 1. The van der Waals surface area contributed by atoms with Gasteiger partial charge in [-0.1, -0.05) is 42.5 Å². The largest absolute Gasteiger partial charge is 0.491 e. The molecule has 0 aliphatic carbocycles. The predicted octanol–water partition coefficient (Wildman–Crippen LogP) is 2.08. The van der Waals surface area contributed by atoms with Crippen LogP contribution in [0.1, 0.15) is 42.1 Å². The van der Waals surface area contributed by atoms with Crippen molar-refractivity contribution in [1.82, 2.24) is 20.0 Å². The van der Waals surface area contributed by atoms with Crippen molar-refractivity contribution in [1.29, 1.82) is 0 Å². The van der Waals surface area contributed by atoms with Gasteiger partial charge in [0, 0.05) is 26.7 Å². The molecule has 0 aromatic heterocycles. The molecule has 1 fully saturated rings. The summed E-state index contributed by atoms with van der Waals surface area (Å²) in [6, 6.07) is 14.9. The van der Waals surface area contributed by atoms with Crippen LogP contribution in [-0.2, 0) is 25.7 Å². The van der Waals surface area contributed by atoms with E-state index in [2.05, 4.69) is 5.32 Å². The van der Waals surface area contributed by atoms with Gasteiger partial charge < -0.3 is 29.5 Å². The number of nitrogens with zero attached hydrogens (tertiary/aromatic N) is 3. The SMILES string of the molecule is CCN1CCOc2ccccc2C(=O)N[C@H](C(=O)N2CCC[C@H]2COC)CC(=O)N(Cc2ccccc2)CC1=O. The quantitative estimate of drug-likeness (QED) is 0.590. The van der Waals surface area contributed by atoms with Gasteiger partial charge in [-0.2, -0.15) is 0 Å². The van der Waals surface area contributed by atoms with Crippen molar-refractivity contribution in [3.05, 3.63) is 65.7 Å². The second-order valence-electron chi connectivity index (χ2n) is 10.1. The maximum absolute atomic E-state index is 13.8. The molecule has 2 heterocycles. The first-order valence-corrected chi connectivity index (χ1v) is 13.8. The Morgan fingerprint density at radius 1 is 1.00 bits per heavy atom. The number of amides is 4. The molecule has 2 aromatic rings. The van der Waals surface area contributed by atoms with Crippen molar-refractivity contribution in [2.45, 2.75) is 44.8 Å². The van der Waals surface area contributed by atoms with E-state index >= 15 is 0 Å². The molecule has 0 radical (unpaired) electrons. The molecule has 0 saturated carbocycles. The zero-order chi connectivity index (χ0) is 28.5. The third-order valence-electron chi connectivity index (χ3n) is 7.38. The van der Waals surface area contributed by atoms with Crippen LogP contribution < -0.4 is 10.1 Å². The first-order valence-electron chi connectivity index (χ1n) is 13.8. The van der Waals surface area contributed by atoms with Crippen molar-refractivity contribution in [2.75, 3.05) is 46.5 Å². The Morgan fingerprint density at radius 2 is 1.75 bits per heavy atom. The van der Waals surface area contributed by atoms with Gasteiger partial charge in [-0.05, 0) is 37.5 Å². The van der Waals surface area contributed by atoms with Crippen LogP contribution >= 0.6 is 0 Å². The fourth-order valence-electron chi connectivity index (χ4n) is 5.24. The van der Waals surface area contributed by atoms with Crippen LogP contribution in [0.3, 0.4) is 0 Å². The van der Waals surface area contributed by atoms with Crippen LogP contribution in [-0.4, -0.2) is 96.9 Å². The highest BCUT2D eigenvalue weighted by Crippen LogP contribution is 2.22. The molecule has 214 valence electrons. The normalized spacial score (nSPS) is 20.9. The van der Waals surface area contributed by atoms with Gasteiger partial charge in [0.05, 0.1) is 31.2 Å². The lowest BCUT2D eigenvalue weighted by Gasteiger charge is -2.31. The number of hydrogen-bond acceptors (Lipinski definition) is 6. The number of hydrogen-bond donors (Lipinski definition) is 1. The fraction of sp³-hybridized carbons (Fsp3) is 0.467. The van der Waals surface area contributed by atoms with E-state index in [4.69, 9.17) is 9.47 Å². The van der Waals surface area contributed by atoms with E-state index in [1.807, 2.05) is 37.3 Å². The van der Waals surface area contributed by atoms with E-state index in [0.717, 1.165) is 18.4 Å². The van der Waals surface area contributed by atoms with Crippen LogP contribution in [0, 0.1) is 0 Å². The molecular formula is C30H38N4O6. The summed E-state index contributed by atoms with van der Waals surface area (Å²) >= 11 is 0. The average molecular weight is 551 g/mol. The van der Waals surface area contributed by atoms with E-state index in [9.17, 15) is 19.2 Å². The minimum atomic E-state index is -1.12. The van der Waals surface area contributed by atoms with E-state index in [1.54, 1.807) is 41.2 Å². The summed E-state index contributed by atoms with van der Waals surface area (Å²) in [5.74, 6) is -1.10. The highest BCUT2D eigenvalue weighted by Gasteiger charge is 2.36. The third kappa shape index (κ3) is 7.18. The van der Waals surface area contributed by atoms with Crippen LogP contribution in [0.4, 0.5) is 0 Å². The van der Waals surface area contributed by atoms with E-state index < -0.39 is 17.9 Å². The summed E-state index contributed by atoms with van der Waals surface area (Å²) in [6.45, 7) is 3.72. The molecule has 10 heteroatoms. The van der Waals surface area contributed by atoms with Gasteiger partial charge in [0.2, 0.25) is 17.7 Å². The summed E-state index contributed by atoms with van der Waals surface area (Å²) < 4.78 is 11.2. The van der Waals surface area contributed by atoms with Gasteiger partial charge >= 0.3 is 0 Å². The monoisotopic (exact) mass is 550 g/mol. The Hall–Kier alpha value is -3.92. The number of rotatable bonds is 6. The van der Waals surface area contributed by atoms with Gasteiger partial charge in [0.25, 0.3) is 5.91 Å². The Morgan fingerprint density at radius 3 is 2.50 bits per heavy atom. The van der Waals surface area contributed by atoms with Crippen LogP contribution in [0.2, 0.25) is 0 Å². The molecule has 2 aromatic carbocycles. The standard InChI is InChI=1S/C30H38N4O6/c1-3-32-16-17-40-26-14-8-7-13-24(26)29(37)31-25(30(38)34-15-9-12-23(34)21-39-2)18-27(35)33(20-28(32)36)19-22-10-5-4-6-11-22/h4-8,10-11,13-14,23,25H,3,9,12,15-21H2,1-2H3,(H,31,37)/t23-,25-/m0/s1. The number of fused-ring (bicyclic) bond motifs is 1. The minimum absolute atomic E-state index is 0.131. The topological polar surface area (TPSA) is 108 Å². The van der Waals surface area contributed by atoms with Crippen LogP contribution in [0.15, 0.2) is 54.6 Å². The number of nitrogens with one attached hydrogen (secondary N) is 1. The van der Waals surface area contributed by atoms with Gasteiger partial charge in [-0.25, -0.2) is 0 Å². The highest BCUT2D eigenvalue weighted by atomic mass is 16.5. The molecule has 1 saturated heterocycles. The summed E-state index contributed by atoms with van der Waals surface area (Å²) in [7, 11) is 1.59. The highest BCUT2D eigenvalue weighted by molar-refractivity contribution is 6.01. The molecule has 4 amide bonds. The maximum atomic E-state index is 13.8. The number of likely N-dealkylation sites (tertiary alicyclic amines) is 1. The molecule has 40 heavy (non-hydrogen) atoms. The Balaban J connectivity index is 1.68. The molecule has 1 N–H and O–H groups in total. The minimum Gasteiger partial charge on any atom is -0.491 e. The molecule has 0 spiro atoms. The summed E-state index contributed by atoms with van der Waals surface area (Å²) in [4.78, 5) is 59.2. The summed E-state index contributed by atoms with van der Waals surface area (Å²) in [6.07, 6.45) is 1.31. The smallest absolute Gasteiger partial charge is 0.255 e. The predicted molar refractivity (Wildman–Crippen MR) is 149 cm³/mol. The van der Waals surface area contributed by atoms with E-state index in [0.29, 0.717) is 32.0 Å². The summed E-state index contributed by atoms with van der Waals surface area (Å²) in [5.41, 5.74) is 1.12. The Bertz CT molecular complexity index is 1190. The second kappa shape index (κ2) is 13.9. The molecular weight excluding hydrogens is 512 g/mol. The molecule has 2 aliphatic rings. The average Bonchev–Trinajstić information content (AvgIpc) is 3.43. The fourth-order valence-corrected chi connectivity index (χ4v) is 5.24. The molecule has 0 bridgehead atoms. The van der Waals surface area contributed by atoms with Gasteiger partial charge in [0.15, 0.2) is 0 Å². The number of carbonyl (C=O) groups is 4. The molecule has 10 nitrogen and oxygen atoms in total. The molecule has 2 atom stereocenters. The lowest BCUT2D eigenvalue weighted by atomic mass is 10.1. The van der Waals surface area contributed by atoms with Crippen molar-refractivity contribution >= 4 is 23.6 Å². The molecule has 2 aliphatic heterocycles. The van der Waals surface area contributed by atoms with Crippen molar-refractivity contribution in [3.8, 4) is 5.75 Å². The lowest BCUT2D eigenvalue weighted by molar-refractivity contribution is -0.143. The van der Waals surface area contributed by atoms with Crippen molar-refractivity contribution < 1.29 is 28.7 Å². The number of methoxy groups -OCH3 is 1. The van der Waals surface area contributed by atoms with Gasteiger partial charge in [-0.15, -0.1) is 0 Å². The lowest BCUT2D eigenvalue weighted by Crippen LogP contribution is -2.53. The zero-order valence-corrected chi connectivity index (χ0v) is 23.2. The second-order valence-corrected chi connectivity index (χ2v) is 10.1. The number of ether oxygens (including phenoxy) is 2. The first-order chi connectivity index (χ1) is 19.4. The number of carbonyl (C=O) groups excluding carboxylic acids is 4. The van der Waals surface area contributed by atoms with Gasteiger partial charge in [0.1, 0.15) is 24.9 Å². The van der Waals surface area contributed by atoms with Gasteiger partial charge in [-0.3, -0.25) is 19.2 Å². The zero-order valence-electron chi connectivity index (χ0n) is 23.2. The van der Waals surface area contributed by atoms with Crippen LogP contribution in [0.5, 0.6) is 5.75 Å². The third-order valence-corrected chi connectivity index (χ3v) is 7.38. The van der Waals surface area contributed by atoms with E-state index in [-0.39, 0.29) is 49.5 Å². The summed E-state index contributed by atoms with van der Waals surface area (Å²) in [5, 5.41) is 2.82. The van der Waals surface area contributed by atoms with Crippen molar-refractivity contribution in [2.24, 2.45) is 0 Å². The molecule has 0 unspecified atom stereocenters.